The van der Waals surface area contributed by atoms with Crippen LogP contribution in [0.5, 0.6) is 0 Å². The lowest BCUT2D eigenvalue weighted by atomic mass is 9.69. The molecule has 4 nitrogen and oxygen atoms in total. The quantitative estimate of drug-likeness (QED) is 0.794. The fraction of sp³-hybridized carbons (Fsp3) is 0.583. The number of esters is 1. The lowest BCUT2D eigenvalue weighted by molar-refractivity contribution is -0.142. The summed E-state index contributed by atoms with van der Waals surface area (Å²) in [5.74, 6) is 0.405. The molecule has 0 fully saturated rings. The molecule has 0 aliphatic heterocycles. The second-order valence-electron chi connectivity index (χ2n) is 4.78. The molecule has 1 aromatic rings. The van der Waals surface area contributed by atoms with E-state index >= 15 is 0 Å². The highest BCUT2D eigenvalue weighted by Gasteiger charge is 2.44. The van der Waals surface area contributed by atoms with Gasteiger partial charge in [-0.2, -0.15) is 0 Å². The van der Waals surface area contributed by atoms with Crippen molar-refractivity contribution in [3.8, 4) is 0 Å². The maximum Gasteiger partial charge on any atom is 0.306 e. The second kappa shape index (κ2) is 4.29. The topological polar surface area (TPSA) is 65.5 Å². The molecule has 0 bridgehead atoms. The monoisotopic (exact) mass is 225 g/mol. The Labute approximate surface area is 95.8 Å². The third-order valence-electron chi connectivity index (χ3n) is 3.21. The Balaban J connectivity index is 3.09. The first-order chi connectivity index (χ1) is 7.31. The van der Waals surface area contributed by atoms with E-state index in [2.05, 4.69) is 0 Å². The largest absolute Gasteiger partial charge is 0.469 e. The van der Waals surface area contributed by atoms with Crippen LogP contribution in [0.15, 0.2) is 22.8 Å². The summed E-state index contributed by atoms with van der Waals surface area (Å²) in [6.45, 7) is 5.65. The van der Waals surface area contributed by atoms with Crippen molar-refractivity contribution >= 4 is 5.97 Å². The summed E-state index contributed by atoms with van der Waals surface area (Å²) in [6, 6.07) is 3.62. The SMILES string of the molecule is COC(=O)CC(C)(c1ccco1)C(C)(C)N. The van der Waals surface area contributed by atoms with Gasteiger partial charge >= 0.3 is 5.97 Å². The van der Waals surface area contributed by atoms with E-state index in [0.717, 1.165) is 0 Å². The standard InChI is InChI=1S/C12H19NO3/c1-11(2,13)12(3,8-10(14)15-4)9-6-5-7-16-9/h5-7H,8,13H2,1-4H3. The highest BCUT2D eigenvalue weighted by molar-refractivity contribution is 5.71. The minimum atomic E-state index is -0.584. The molecule has 1 rings (SSSR count). The first-order valence-corrected chi connectivity index (χ1v) is 5.21. The maximum atomic E-state index is 11.4. The first kappa shape index (κ1) is 12.8. The van der Waals surface area contributed by atoms with Crippen molar-refractivity contribution in [1.29, 1.82) is 0 Å². The molecule has 1 aromatic heterocycles. The Morgan fingerprint density at radius 2 is 2.12 bits per heavy atom. The van der Waals surface area contributed by atoms with E-state index in [9.17, 15) is 4.79 Å². The molecule has 2 N–H and O–H groups in total. The highest BCUT2D eigenvalue weighted by Crippen LogP contribution is 2.37. The maximum absolute atomic E-state index is 11.4. The van der Waals surface area contributed by atoms with Gasteiger partial charge in [-0.25, -0.2) is 0 Å². The smallest absolute Gasteiger partial charge is 0.306 e. The van der Waals surface area contributed by atoms with Crippen molar-refractivity contribution in [2.24, 2.45) is 5.73 Å². The normalized spacial score (nSPS) is 15.6. The molecular weight excluding hydrogens is 206 g/mol. The molecule has 0 saturated carbocycles. The van der Waals surface area contributed by atoms with E-state index in [0.29, 0.717) is 5.76 Å². The fourth-order valence-corrected chi connectivity index (χ4v) is 1.59. The number of hydrogen-bond acceptors (Lipinski definition) is 4. The van der Waals surface area contributed by atoms with Gasteiger partial charge in [-0.15, -0.1) is 0 Å². The van der Waals surface area contributed by atoms with Crippen LogP contribution < -0.4 is 5.73 Å². The Bertz CT molecular complexity index is 351. The van der Waals surface area contributed by atoms with Crippen molar-refractivity contribution in [2.75, 3.05) is 7.11 Å². The van der Waals surface area contributed by atoms with Gasteiger partial charge in [0.15, 0.2) is 0 Å². The van der Waals surface area contributed by atoms with Crippen LogP contribution >= 0.6 is 0 Å². The minimum Gasteiger partial charge on any atom is -0.469 e. The van der Waals surface area contributed by atoms with Gasteiger partial charge in [0.25, 0.3) is 0 Å². The van der Waals surface area contributed by atoms with E-state index in [-0.39, 0.29) is 12.4 Å². The number of furan rings is 1. The number of carbonyl (C=O) groups excluding carboxylic acids is 1. The van der Waals surface area contributed by atoms with Crippen LogP contribution in [0.4, 0.5) is 0 Å². The second-order valence-corrected chi connectivity index (χ2v) is 4.78. The lowest BCUT2D eigenvalue weighted by Gasteiger charge is -2.39. The molecule has 0 aliphatic rings. The van der Waals surface area contributed by atoms with Crippen LogP contribution in [0.25, 0.3) is 0 Å². The Morgan fingerprint density at radius 1 is 1.50 bits per heavy atom. The van der Waals surface area contributed by atoms with Crippen molar-refractivity contribution in [1.82, 2.24) is 0 Å². The number of nitrogens with two attached hydrogens (primary N) is 1. The summed E-state index contributed by atoms with van der Waals surface area (Å²) >= 11 is 0. The van der Waals surface area contributed by atoms with Gasteiger partial charge in [0.1, 0.15) is 5.76 Å². The number of rotatable bonds is 4. The summed E-state index contributed by atoms with van der Waals surface area (Å²) in [4.78, 5) is 11.4. The predicted molar refractivity (Wildman–Crippen MR) is 61.0 cm³/mol. The van der Waals surface area contributed by atoms with E-state index in [1.807, 2.05) is 26.8 Å². The molecule has 1 unspecified atom stereocenters. The van der Waals surface area contributed by atoms with Crippen LogP contribution in [0.2, 0.25) is 0 Å². The Hall–Kier alpha value is -1.29. The molecule has 4 heteroatoms. The van der Waals surface area contributed by atoms with Crippen molar-refractivity contribution in [2.45, 2.75) is 38.1 Å². The molecule has 0 saturated heterocycles. The van der Waals surface area contributed by atoms with Gasteiger partial charge in [0.2, 0.25) is 0 Å². The van der Waals surface area contributed by atoms with Gasteiger partial charge in [0, 0.05) is 5.54 Å². The third-order valence-corrected chi connectivity index (χ3v) is 3.21. The van der Waals surface area contributed by atoms with E-state index in [1.54, 1.807) is 12.3 Å². The lowest BCUT2D eigenvalue weighted by Crippen LogP contribution is -2.53. The van der Waals surface area contributed by atoms with Gasteiger partial charge in [0.05, 0.1) is 25.2 Å². The van der Waals surface area contributed by atoms with Gasteiger partial charge < -0.3 is 14.9 Å². The molecule has 0 radical (unpaired) electrons. The van der Waals surface area contributed by atoms with Gasteiger partial charge in [-0.3, -0.25) is 4.79 Å². The highest BCUT2D eigenvalue weighted by atomic mass is 16.5. The third kappa shape index (κ3) is 2.27. The van der Waals surface area contributed by atoms with Gasteiger partial charge in [-0.1, -0.05) is 6.92 Å². The predicted octanol–water partition coefficient (Wildman–Crippen LogP) is 1.84. The van der Waals surface area contributed by atoms with Crippen LogP contribution in [-0.2, 0) is 14.9 Å². The Kier molecular flexibility index (Phi) is 3.43. The summed E-state index contributed by atoms with van der Waals surface area (Å²) < 4.78 is 10.1. The van der Waals surface area contributed by atoms with E-state index in [4.69, 9.17) is 14.9 Å². The number of ether oxygens (including phenoxy) is 1. The zero-order valence-electron chi connectivity index (χ0n) is 10.2. The number of carbonyl (C=O) groups is 1. The van der Waals surface area contributed by atoms with E-state index < -0.39 is 11.0 Å². The summed E-state index contributed by atoms with van der Waals surface area (Å²) in [6.07, 6.45) is 1.77. The summed E-state index contributed by atoms with van der Waals surface area (Å²) in [7, 11) is 1.37. The minimum absolute atomic E-state index is 0.195. The number of methoxy groups -OCH3 is 1. The molecule has 90 valence electrons. The average molecular weight is 225 g/mol. The molecule has 1 atom stereocenters. The van der Waals surface area contributed by atoms with Crippen LogP contribution in [0.3, 0.4) is 0 Å². The molecule has 0 aromatic carbocycles. The van der Waals surface area contributed by atoms with Crippen molar-refractivity contribution < 1.29 is 13.9 Å². The van der Waals surface area contributed by atoms with Gasteiger partial charge in [-0.05, 0) is 26.0 Å². The molecule has 1 heterocycles. The zero-order chi connectivity index (χ0) is 12.4. The molecule has 0 spiro atoms. The molecule has 16 heavy (non-hydrogen) atoms. The summed E-state index contributed by atoms with van der Waals surface area (Å²) in [5.41, 5.74) is 4.98. The number of hydrogen-bond donors (Lipinski definition) is 1. The molecular formula is C12H19NO3. The van der Waals surface area contributed by atoms with Crippen LogP contribution in [-0.4, -0.2) is 18.6 Å². The fourth-order valence-electron chi connectivity index (χ4n) is 1.59. The average Bonchev–Trinajstić information content (AvgIpc) is 2.68. The van der Waals surface area contributed by atoms with Crippen LogP contribution in [0.1, 0.15) is 33.0 Å². The van der Waals surface area contributed by atoms with Crippen molar-refractivity contribution in [3.05, 3.63) is 24.2 Å². The van der Waals surface area contributed by atoms with E-state index in [1.165, 1.54) is 7.11 Å². The Morgan fingerprint density at radius 3 is 2.50 bits per heavy atom. The van der Waals surface area contributed by atoms with Crippen molar-refractivity contribution in [3.63, 3.8) is 0 Å². The first-order valence-electron chi connectivity index (χ1n) is 5.21. The zero-order valence-corrected chi connectivity index (χ0v) is 10.2. The van der Waals surface area contributed by atoms with Crippen LogP contribution in [0, 0.1) is 0 Å². The summed E-state index contributed by atoms with van der Waals surface area (Å²) in [5, 5.41) is 0. The molecule has 0 amide bonds. The molecule has 0 aliphatic carbocycles.